The van der Waals surface area contributed by atoms with Crippen molar-refractivity contribution in [3.8, 4) is 11.5 Å². The Morgan fingerprint density at radius 2 is 1.83 bits per heavy atom. The van der Waals surface area contributed by atoms with Crippen molar-refractivity contribution >= 4 is 11.9 Å². The Kier molecular flexibility index (Phi) is 8.22. The molecule has 0 bridgehead atoms. The molecule has 0 unspecified atom stereocenters. The standard InChI is InChI=1S/C23H36N4O3/c1-27(2)21(28)16-25-23(26-18-10-4-5-11-18)24-15-17-9-8-14-20(29-3)22(17)30-19-12-6-7-13-19/h8-9,14,18-19H,4-7,10-13,15-16H2,1-3H3,(H2,24,25,26). The van der Waals surface area contributed by atoms with Crippen molar-refractivity contribution < 1.29 is 14.3 Å². The van der Waals surface area contributed by atoms with Crippen LogP contribution < -0.4 is 20.1 Å². The minimum Gasteiger partial charge on any atom is -0.493 e. The lowest BCUT2D eigenvalue weighted by Crippen LogP contribution is -2.46. The van der Waals surface area contributed by atoms with Crippen LogP contribution in [0.2, 0.25) is 0 Å². The fourth-order valence-electron chi connectivity index (χ4n) is 4.05. The van der Waals surface area contributed by atoms with Gasteiger partial charge in [-0.2, -0.15) is 0 Å². The summed E-state index contributed by atoms with van der Waals surface area (Å²) in [4.78, 5) is 18.4. The van der Waals surface area contributed by atoms with E-state index < -0.39 is 0 Å². The summed E-state index contributed by atoms with van der Waals surface area (Å²) in [5, 5.41) is 6.69. The zero-order valence-corrected chi connectivity index (χ0v) is 18.6. The molecule has 0 radical (unpaired) electrons. The molecule has 30 heavy (non-hydrogen) atoms. The normalized spacial score (nSPS) is 17.8. The lowest BCUT2D eigenvalue weighted by molar-refractivity contribution is -0.127. The SMILES string of the molecule is COc1cccc(CN=C(NCC(=O)N(C)C)NC2CCCC2)c1OC1CCCC1. The van der Waals surface area contributed by atoms with Crippen LogP contribution in [0, 0.1) is 0 Å². The molecule has 0 aromatic heterocycles. The number of guanidine groups is 1. The van der Waals surface area contributed by atoms with Crippen molar-refractivity contribution in [2.24, 2.45) is 4.99 Å². The molecule has 2 saturated carbocycles. The molecule has 1 aromatic carbocycles. The molecule has 1 amide bonds. The van der Waals surface area contributed by atoms with Crippen LogP contribution in [0.1, 0.15) is 56.9 Å². The number of nitrogens with one attached hydrogen (secondary N) is 2. The largest absolute Gasteiger partial charge is 0.493 e. The number of likely N-dealkylation sites (N-methyl/N-ethyl adjacent to an activating group) is 1. The highest BCUT2D eigenvalue weighted by Gasteiger charge is 2.21. The number of nitrogens with zero attached hydrogens (tertiary/aromatic N) is 2. The Bertz CT molecular complexity index is 723. The second-order valence-corrected chi connectivity index (χ2v) is 8.41. The predicted octanol–water partition coefficient (Wildman–Crippen LogP) is 3.08. The Hall–Kier alpha value is -2.44. The molecule has 3 rings (SSSR count). The number of amides is 1. The summed E-state index contributed by atoms with van der Waals surface area (Å²) < 4.78 is 11.9. The van der Waals surface area contributed by atoms with Crippen LogP contribution in [0.4, 0.5) is 0 Å². The van der Waals surface area contributed by atoms with E-state index in [9.17, 15) is 4.79 Å². The summed E-state index contributed by atoms with van der Waals surface area (Å²) in [5.41, 5.74) is 0.993. The van der Waals surface area contributed by atoms with E-state index in [-0.39, 0.29) is 18.6 Å². The lowest BCUT2D eigenvalue weighted by Gasteiger charge is -2.20. The Labute approximate surface area is 180 Å². The number of hydrogen-bond acceptors (Lipinski definition) is 4. The maximum absolute atomic E-state index is 12.0. The molecule has 2 aliphatic carbocycles. The van der Waals surface area contributed by atoms with Crippen LogP contribution >= 0.6 is 0 Å². The number of carbonyl (C=O) groups is 1. The fraction of sp³-hybridized carbons (Fsp3) is 0.652. The van der Waals surface area contributed by atoms with E-state index in [0.717, 1.165) is 42.7 Å². The van der Waals surface area contributed by atoms with Crippen molar-refractivity contribution in [3.05, 3.63) is 23.8 Å². The number of hydrogen-bond donors (Lipinski definition) is 2. The van der Waals surface area contributed by atoms with Gasteiger partial charge in [0.05, 0.1) is 26.3 Å². The quantitative estimate of drug-likeness (QED) is 0.503. The van der Waals surface area contributed by atoms with Gasteiger partial charge in [0.1, 0.15) is 0 Å². The molecule has 7 heteroatoms. The zero-order valence-electron chi connectivity index (χ0n) is 18.6. The number of para-hydroxylation sites is 1. The van der Waals surface area contributed by atoms with E-state index in [2.05, 4.69) is 10.6 Å². The third-order valence-corrected chi connectivity index (χ3v) is 5.88. The van der Waals surface area contributed by atoms with Crippen molar-refractivity contribution in [2.45, 2.75) is 70.1 Å². The van der Waals surface area contributed by atoms with Crippen molar-refractivity contribution in [2.75, 3.05) is 27.7 Å². The summed E-state index contributed by atoms with van der Waals surface area (Å²) >= 11 is 0. The average molecular weight is 417 g/mol. The average Bonchev–Trinajstić information content (AvgIpc) is 3.44. The van der Waals surface area contributed by atoms with Gasteiger partial charge in [-0.25, -0.2) is 4.99 Å². The van der Waals surface area contributed by atoms with Crippen LogP contribution in [0.3, 0.4) is 0 Å². The highest BCUT2D eigenvalue weighted by molar-refractivity contribution is 5.86. The molecule has 166 valence electrons. The summed E-state index contributed by atoms with van der Waals surface area (Å²) in [6, 6.07) is 6.35. The van der Waals surface area contributed by atoms with Crippen LogP contribution in [-0.4, -0.2) is 56.7 Å². The molecular weight excluding hydrogens is 380 g/mol. The van der Waals surface area contributed by atoms with E-state index >= 15 is 0 Å². The number of ether oxygens (including phenoxy) is 2. The monoisotopic (exact) mass is 416 g/mol. The van der Waals surface area contributed by atoms with Gasteiger partial charge < -0.3 is 25.0 Å². The third kappa shape index (κ3) is 6.28. The van der Waals surface area contributed by atoms with E-state index in [0.29, 0.717) is 18.5 Å². The molecule has 2 N–H and O–H groups in total. The van der Waals surface area contributed by atoms with Gasteiger partial charge in [0.2, 0.25) is 5.91 Å². The highest BCUT2D eigenvalue weighted by Crippen LogP contribution is 2.35. The molecule has 2 aliphatic rings. The second kappa shape index (κ2) is 11.1. The Balaban J connectivity index is 1.74. The van der Waals surface area contributed by atoms with Crippen molar-refractivity contribution in [1.29, 1.82) is 0 Å². The molecule has 0 aliphatic heterocycles. The van der Waals surface area contributed by atoms with Crippen molar-refractivity contribution in [3.63, 3.8) is 0 Å². The minimum atomic E-state index is 0.0163. The fourth-order valence-corrected chi connectivity index (χ4v) is 4.05. The van der Waals surface area contributed by atoms with Crippen LogP contribution in [-0.2, 0) is 11.3 Å². The molecule has 0 atom stereocenters. The molecule has 2 fully saturated rings. The molecule has 0 saturated heterocycles. The zero-order chi connectivity index (χ0) is 21.3. The first-order chi connectivity index (χ1) is 14.6. The van der Waals surface area contributed by atoms with Gasteiger partial charge in [0.25, 0.3) is 0 Å². The molecule has 0 spiro atoms. The molecule has 0 heterocycles. The number of aliphatic imine (C=N–C) groups is 1. The van der Waals surface area contributed by atoms with E-state index in [1.165, 1.54) is 25.7 Å². The number of carbonyl (C=O) groups excluding carboxylic acids is 1. The maximum atomic E-state index is 12.0. The van der Waals surface area contributed by atoms with Gasteiger partial charge in [0, 0.05) is 25.7 Å². The number of rotatable bonds is 8. The summed E-state index contributed by atoms with van der Waals surface area (Å²) in [6.45, 7) is 0.673. The van der Waals surface area contributed by atoms with Gasteiger partial charge in [-0.3, -0.25) is 4.79 Å². The maximum Gasteiger partial charge on any atom is 0.241 e. The van der Waals surface area contributed by atoms with Gasteiger partial charge in [-0.05, 0) is 44.6 Å². The molecular formula is C23H36N4O3. The Morgan fingerprint density at radius 3 is 2.50 bits per heavy atom. The highest BCUT2D eigenvalue weighted by atomic mass is 16.5. The molecule has 7 nitrogen and oxygen atoms in total. The minimum absolute atomic E-state index is 0.0163. The summed E-state index contributed by atoms with van der Waals surface area (Å²) in [7, 11) is 5.19. The molecule has 1 aromatic rings. The topological polar surface area (TPSA) is 75.2 Å². The van der Waals surface area contributed by atoms with E-state index in [1.54, 1.807) is 26.1 Å². The van der Waals surface area contributed by atoms with Crippen molar-refractivity contribution in [1.82, 2.24) is 15.5 Å². The van der Waals surface area contributed by atoms with Crippen LogP contribution in [0.25, 0.3) is 0 Å². The first-order valence-electron chi connectivity index (χ1n) is 11.1. The first-order valence-corrected chi connectivity index (χ1v) is 11.1. The number of benzene rings is 1. The van der Waals surface area contributed by atoms with Crippen LogP contribution in [0.5, 0.6) is 11.5 Å². The Morgan fingerprint density at radius 1 is 1.13 bits per heavy atom. The van der Waals surface area contributed by atoms with Gasteiger partial charge in [-0.1, -0.05) is 25.0 Å². The second-order valence-electron chi connectivity index (χ2n) is 8.41. The van der Waals surface area contributed by atoms with Crippen LogP contribution in [0.15, 0.2) is 23.2 Å². The summed E-state index contributed by atoms with van der Waals surface area (Å²) in [5.74, 6) is 2.23. The first kappa shape index (κ1) is 22.2. The van der Waals surface area contributed by atoms with Gasteiger partial charge in [-0.15, -0.1) is 0 Å². The smallest absolute Gasteiger partial charge is 0.241 e. The third-order valence-electron chi connectivity index (χ3n) is 5.88. The summed E-state index contributed by atoms with van der Waals surface area (Å²) in [6.07, 6.45) is 9.59. The van der Waals surface area contributed by atoms with E-state index in [1.807, 2.05) is 18.2 Å². The van der Waals surface area contributed by atoms with E-state index in [4.69, 9.17) is 14.5 Å². The number of methoxy groups -OCH3 is 1. The lowest BCUT2D eigenvalue weighted by atomic mass is 10.1. The van der Waals surface area contributed by atoms with Gasteiger partial charge in [0.15, 0.2) is 17.5 Å². The predicted molar refractivity (Wildman–Crippen MR) is 119 cm³/mol. The van der Waals surface area contributed by atoms with Gasteiger partial charge >= 0.3 is 0 Å².